The number of hydrogen-bond acceptors (Lipinski definition) is 4. The topological polar surface area (TPSA) is 66.3 Å². The first-order valence-electron chi connectivity index (χ1n) is 48.0. The number of pyridine rings is 2. The Bertz CT molecular complexity index is 9200. The molecule has 7 heteroatoms. The van der Waals surface area contributed by atoms with Gasteiger partial charge in [-0.2, -0.15) is 0 Å². The molecule has 0 aliphatic heterocycles. The zero-order chi connectivity index (χ0) is 92.0. The Morgan fingerprint density at radius 2 is 0.565 bits per heavy atom. The van der Waals surface area contributed by atoms with Crippen molar-refractivity contribution in [2.75, 3.05) is 0 Å². The average Bonchev–Trinajstić information content (AvgIpc) is 1.45. The molecule has 0 atom stereocenters. The molecule has 650 valence electrons. The van der Waals surface area contributed by atoms with Crippen LogP contribution in [0.4, 0.5) is 0 Å². The molecule has 0 unspecified atom stereocenters. The molecule has 6 aromatic heterocycles. The summed E-state index contributed by atoms with van der Waals surface area (Å²) >= 11 is 0. The lowest BCUT2D eigenvalue weighted by molar-refractivity contribution is 0.645. The van der Waals surface area contributed by atoms with Crippen molar-refractivity contribution >= 4 is 130 Å². The summed E-state index contributed by atoms with van der Waals surface area (Å²) in [5, 5.41) is 18.7. The minimum atomic E-state index is -0.133. The van der Waals surface area contributed by atoms with E-state index in [2.05, 4.69) is 486 Å². The maximum absolute atomic E-state index is 5.45. The van der Waals surface area contributed by atoms with Gasteiger partial charge in [0, 0.05) is 104 Å². The summed E-state index contributed by atoms with van der Waals surface area (Å²) in [4.78, 5) is 20.9. The van der Waals surface area contributed by atoms with E-state index in [0.717, 1.165) is 77.6 Å². The third-order valence-electron chi connectivity index (χ3n) is 30.4. The van der Waals surface area contributed by atoms with Gasteiger partial charge in [0.25, 0.3) is 0 Å². The summed E-state index contributed by atoms with van der Waals surface area (Å²) in [5.74, 6) is 1.61. The molecular formula is C131H91N7. The first kappa shape index (κ1) is 80.4. The average molecular weight is 1760 g/mol. The molecular weight excluding hydrogens is 1670 g/mol. The van der Waals surface area contributed by atoms with Crippen molar-refractivity contribution in [3.63, 3.8) is 0 Å². The van der Waals surface area contributed by atoms with Crippen molar-refractivity contribution < 1.29 is 0 Å². The Morgan fingerprint density at radius 3 is 1.07 bits per heavy atom. The lowest BCUT2D eigenvalue weighted by atomic mass is 9.68. The highest BCUT2D eigenvalue weighted by Crippen LogP contribution is 2.58. The van der Waals surface area contributed by atoms with Crippen molar-refractivity contribution in [2.24, 2.45) is 0 Å². The second-order valence-corrected chi connectivity index (χ2v) is 39.0. The fraction of sp³-hybridized carbons (Fsp3) is 0.0687. The number of hydrogen-bond donors (Lipinski definition) is 0. The summed E-state index contributed by atoms with van der Waals surface area (Å²) in [6.07, 6.45) is 1.88. The number of fused-ring (bicyclic) bond motifs is 21. The van der Waals surface area contributed by atoms with Gasteiger partial charge in [-0.15, -0.1) is 0 Å². The van der Waals surface area contributed by atoms with Crippen LogP contribution in [0.25, 0.3) is 237 Å². The van der Waals surface area contributed by atoms with Gasteiger partial charge in [-0.05, 0) is 194 Å². The largest absolute Gasteiger partial charge is 0.309 e. The molecule has 0 fully saturated rings. The maximum atomic E-state index is 5.45. The van der Waals surface area contributed by atoms with Crippen LogP contribution >= 0.6 is 0 Å². The van der Waals surface area contributed by atoms with Crippen LogP contribution in [0.5, 0.6) is 0 Å². The van der Waals surface area contributed by atoms with Crippen molar-refractivity contribution in [1.82, 2.24) is 33.6 Å². The second-order valence-electron chi connectivity index (χ2n) is 39.0. The molecule has 6 heterocycles. The van der Waals surface area contributed by atoms with Crippen LogP contribution in [0, 0.1) is 0 Å². The van der Waals surface area contributed by atoms with Gasteiger partial charge < -0.3 is 4.57 Å². The number of nitrogens with zero attached hydrogens (tertiary/aromatic N) is 7. The van der Waals surface area contributed by atoms with Gasteiger partial charge in [0.2, 0.25) is 5.95 Å². The molecule has 26 aromatic rings. The van der Waals surface area contributed by atoms with Crippen molar-refractivity contribution in [2.45, 2.75) is 57.8 Å². The van der Waals surface area contributed by atoms with Gasteiger partial charge in [-0.1, -0.05) is 406 Å². The van der Waals surface area contributed by atoms with E-state index in [1.165, 1.54) is 187 Å². The summed E-state index contributed by atoms with van der Waals surface area (Å²) in [5.41, 5.74) is 38.4. The lowest BCUT2D eigenvalue weighted by Crippen LogP contribution is -2.23. The first-order valence-corrected chi connectivity index (χ1v) is 48.0. The molecule has 0 N–H and O–H groups in total. The van der Waals surface area contributed by atoms with Crippen LogP contribution in [0.1, 0.15) is 74.9 Å². The molecule has 0 amide bonds. The van der Waals surface area contributed by atoms with E-state index in [4.69, 9.17) is 19.9 Å². The zero-order valence-electron chi connectivity index (χ0n) is 77.3. The smallest absolute Gasteiger partial charge is 0.235 e. The van der Waals surface area contributed by atoms with Crippen molar-refractivity contribution in [3.05, 3.63) is 476 Å². The minimum absolute atomic E-state index is 0.0816. The Hall–Kier alpha value is -17.3. The fourth-order valence-corrected chi connectivity index (χ4v) is 23.9. The van der Waals surface area contributed by atoms with Crippen molar-refractivity contribution in [3.8, 4) is 107 Å². The summed E-state index contributed by atoms with van der Waals surface area (Å²) in [7, 11) is 0. The zero-order valence-corrected chi connectivity index (χ0v) is 77.3. The highest BCUT2D eigenvalue weighted by atomic mass is 15.2. The third kappa shape index (κ3) is 12.2. The van der Waals surface area contributed by atoms with Gasteiger partial charge in [0.05, 0.1) is 55.3 Å². The molecule has 29 rings (SSSR count). The standard InChI is InChI=1S/C46H32N2.C45H31N3.C40H28N2/c1-46(2)38-19-9-6-18-35(38)44-43-32(15-12-20-39(43)46)27-37-34-17-8-11-22-41(34)48(45(37)44)42-28-36(33-16-7-10-21-40(33)47-42)31-25-23-30(24-26-31)29-13-4-3-5-14-29;1-45(2)36-19-9-6-17-33(36)41-40-31(15-12-20-37(40)45)27-35-32-16-8-11-22-39(32)48(43(35)41)44-46-38-21-10-7-18-34(38)42(47-44)30-25-23-29(24-26-30)28-13-4-3-5-14-28;1-40(2)33-16-5-3-14-31(33)37-36-27(11-8-17-34(36)40)24-32-30-13-4-6-18-35(30)42(39(32)37)28-21-19-25(20-22-28)29-15-7-10-26-12-9-23-41-38(26)29/h3-28H,1-2H3;3-27H,1-2H3;3-24H,1-2H3. The number of aromatic nitrogens is 7. The predicted octanol–water partition coefficient (Wildman–Crippen LogP) is 34.1. The second kappa shape index (κ2) is 30.9. The molecule has 0 spiro atoms. The van der Waals surface area contributed by atoms with E-state index >= 15 is 0 Å². The highest BCUT2D eigenvalue weighted by molar-refractivity contribution is 6.27. The number of para-hydroxylation sites is 6. The molecule has 138 heavy (non-hydrogen) atoms. The molecule has 3 aliphatic carbocycles. The van der Waals surface area contributed by atoms with Crippen LogP contribution in [0.2, 0.25) is 0 Å². The Labute approximate surface area is 799 Å². The lowest BCUT2D eigenvalue weighted by Gasteiger charge is -2.35. The molecule has 0 saturated carbocycles. The molecule has 0 bridgehead atoms. The van der Waals surface area contributed by atoms with Crippen LogP contribution in [0.3, 0.4) is 0 Å². The van der Waals surface area contributed by atoms with E-state index in [1.54, 1.807) is 0 Å². The Kier molecular flexibility index (Phi) is 18.0. The fourth-order valence-electron chi connectivity index (χ4n) is 23.9. The van der Waals surface area contributed by atoms with E-state index in [1.807, 2.05) is 12.3 Å². The van der Waals surface area contributed by atoms with Gasteiger partial charge in [0.1, 0.15) is 5.82 Å². The molecule has 7 nitrogen and oxygen atoms in total. The molecule has 3 aliphatic rings. The van der Waals surface area contributed by atoms with Gasteiger partial charge in [0.15, 0.2) is 0 Å². The first-order chi connectivity index (χ1) is 67.8. The summed E-state index contributed by atoms with van der Waals surface area (Å²) < 4.78 is 7.23. The third-order valence-corrected chi connectivity index (χ3v) is 30.4. The molecule has 0 radical (unpaired) electrons. The predicted molar refractivity (Wildman–Crippen MR) is 578 cm³/mol. The van der Waals surface area contributed by atoms with Crippen LogP contribution in [-0.2, 0) is 16.2 Å². The van der Waals surface area contributed by atoms with E-state index in [-0.39, 0.29) is 16.2 Å². The Balaban J connectivity index is 0.000000105. The molecule has 20 aromatic carbocycles. The number of benzene rings is 20. The maximum Gasteiger partial charge on any atom is 0.235 e. The van der Waals surface area contributed by atoms with Gasteiger partial charge in [-0.3, -0.25) is 14.1 Å². The van der Waals surface area contributed by atoms with Gasteiger partial charge in [-0.25, -0.2) is 15.0 Å². The molecule has 0 saturated heterocycles. The normalized spacial score (nSPS) is 13.5. The van der Waals surface area contributed by atoms with Crippen LogP contribution < -0.4 is 0 Å². The van der Waals surface area contributed by atoms with E-state index in [0.29, 0.717) is 5.95 Å². The van der Waals surface area contributed by atoms with Crippen molar-refractivity contribution in [1.29, 1.82) is 0 Å². The highest BCUT2D eigenvalue weighted by Gasteiger charge is 2.40. The van der Waals surface area contributed by atoms with Crippen LogP contribution in [-0.4, -0.2) is 33.6 Å². The van der Waals surface area contributed by atoms with E-state index in [9.17, 15) is 0 Å². The van der Waals surface area contributed by atoms with E-state index < -0.39 is 0 Å². The quantitative estimate of drug-likeness (QED) is 0.152. The Morgan fingerprint density at radius 1 is 0.217 bits per heavy atom. The van der Waals surface area contributed by atoms with Crippen LogP contribution in [0.15, 0.2) is 443 Å². The monoisotopic (exact) mass is 1760 g/mol. The number of rotatable bonds is 8. The summed E-state index contributed by atoms with van der Waals surface area (Å²) in [6.45, 7) is 14.2. The van der Waals surface area contributed by atoms with Gasteiger partial charge >= 0.3 is 0 Å². The minimum Gasteiger partial charge on any atom is -0.309 e. The summed E-state index contributed by atoms with van der Waals surface area (Å²) in [6, 6.07) is 159. The SMILES string of the molecule is CC1(C)c2ccccc2-c2c3c1cccc3cc1c3ccccc3n(-c3cc(-c4ccc(-c5ccccc5)cc4)c4ccccc4n3)c21.CC1(C)c2ccccc2-c2c3c1cccc3cc1c3ccccc3n(-c3ccc(-c4cccc5cccnc45)cc3)c21.CC1(C)c2ccccc2-c2c3c1cccc3cc1c3ccccc3n(-c3nc(-c4ccc(-c5ccccc5)cc4)c4ccccc4n3)c21.